The van der Waals surface area contributed by atoms with Crippen molar-refractivity contribution < 1.29 is 0 Å². The highest BCUT2D eigenvalue weighted by Crippen LogP contribution is 2.32. The van der Waals surface area contributed by atoms with Crippen molar-refractivity contribution in [2.75, 3.05) is 24.3 Å². The molecule has 0 radical (unpaired) electrons. The Morgan fingerprint density at radius 1 is 0.865 bits per heavy atom. The van der Waals surface area contributed by atoms with E-state index in [4.69, 9.17) is 21.6 Å². The summed E-state index contributed by atoms with van der Waals surface area (Å²) in [5.74, 6) is 1.68. The molecule has 1 aliphatic carbocycles. The zero-order valence-corrected chi connectivity index (χ0v) is 22.3. The number of aromatic nitrogens is 2. The number of para-hydroxylation sites is 1. The molecule has 0 amide bonds. The van der Waals surface area contributed by atoms with Gasteiger partial charge in [-0.1, -0.05) is 61.1 Å². The molecular formula is C30H36ClN5S. The molecule has 5 nitrogen and oxygen atoms in total. The number of hydrogen-bond acceptors (Lipinski definition) is 6. The van der Waals surface area contributed by atoms with Crippen molar-refractivity contribution in [3.05, 3.63) is 83.4 Å². The summed E-state index contributed by atoms with van der Waals surface area (Å²) in [6.45, 7) is 0.875. The average molecular weight is 534 g/mol. The molecule has 0 saturated heterocycles. The van der Waals surface area contributed by atoms with Crippen LogP contribution in [-0.4, -0.2) is 36.1 Å². The van der Waals surface area contributed by atoms with Crippen LogP contribution in [0.25, 0.3) is 10.9 Å². The lowest BCUT2D eigenvalue weighted by Crippen LogP contribution is -2.37. The van der Waals surface area contributed by atoms with Crippen molar-refractivity contribution in [2.45, 2.75) is 61.5 Å². The normalized spacial score (nSPS) is 17.3. The lowest BCUT2D eigenvalue weighted by molar-refractivity contribution is 0.351. The Morgan fingerprint density at radius 3 is 2.30 bits per heavy atom. The summed E-state index contributed by atoms with van der Waals surface area (Å²) >= 11 is 7.84. The molecule has 1 aliphatic rings. The number of nitrogens with one attached hydrogen (secondary N) is 2. The van der Waals surface area contributed by atoms with Crippen LogP contribution in [0.1, 0.15) is 38.7 Å². The summed E-state index contributed by atoms with van der Waals surface area (Å²) in [6, 6.07) is 25.8. The van der Waals surface area contributed by atoms with Crippen molar-refractivity contribution in [3.8, 4) is 0 Å². The van der Waals surface area contributed by atoms with Crippen LogP contribution in [0.4, 0.5) is 11.8 Å². The fourth-order valence-electron chi connectivity index (χ4n) is 4.72. The largest absolute Gasteiger partial charge is 0.362 e. The fourth-order valence-corrected chi connectivity index (χ4v) is 5.79. The van der Waals surface area contributed by atoms with Crippen molar-refractivity contribution in [1.29, 1.82) is 0 Å². The molecule has 7 heteroatoms. The van der Waals surface area contributed by atoms with Gasteiger partial charge in [-0.3, -0.25) is 0 Å². The first-order valence-corrected chi connectivity index (χ1v) is 13.7. The second-order valence-corrected chi connectivity index (χ2v) is 11.1. The van der Waals surface area contributed by atoms with Gasteiger partial charge in [0.15, 0.2) is 0 Å². The van der Waals surface area contributed by atoms with E-state index in [1.807, 2.05) is 38.4 Å². The van der Waals surface area contributed by atoms with E-state index in [0.29, 0.717) is 12.1 Å². The molecule has 0 atom stereocenters. The van der Waals surface area contributed by atoms with Crippen LogP contribution in [0.2, 0.25) is 5.02 Å². The second kappa shape index (κ2) is 12.6. The molecule has 0 bridgehead atoms. The fraction of sp³-hybridized carbons (Fsp3) is 0.333. The number of nitrogens with zero attached hydrogens (tertiary/aromatic N) is 3. The van der Waals surface area contributed by atoms with Gasteiger partial charge in [-0.05, 0) is 73.7 Å². The van der Waals surface area contributed by atoms with E-state index in [2.05, 4.69) is 64.1 Å². The van der Waals surface area contributed by atoms with Crippen LogP contribution in [0.3, 0.4) is 0 Å². The van der Waals surface area contributed by atoms with Crippen LogP contribution >= 0.6 is 23.4 Å². The molecule has 0 spiro atoms. The van der Waals surface area contributed by atoms with E-state index in [9.17, 15) is 0 Å². The minimum Gasteiger partial charge on any atom is -0.362 e. The van der Waals surface area contributed by atoms with Crippen LogP contribution in [0, 0.1) is 0 Å². The van der Waals surface area contributed by atoms with Gasteiger partial charge in [-0.25, -0.2) is 4.98 Å². The first-order valence-electron chi connectivity index (χ1n) is 12.5. The van der Waals surface area contributed by atoms with Crippen molar-refractivity contribution in [1.82, 2.24) is 15.3 Å². The molecule has 2 N–H and O–H groups in total. The Kier molecular flexibility index (Phi) is 9.30. The molecule has 4 aromatic rings. The first-order chi connectivity index (χ1) is 17.5. The summed E-state index contributed by atoms with van der Waals surface area (Å²) in [5.41, 5.74) is 2.31. The summed E-state index contributed by atoms with van der Waals surface area (Å²) in [7, 11) is 4.06. The monoisotopic (exact) mass is 533 g/mol. The van der Waals surface area contributed by atoms with Crippen LogP contribution in [0.15, 0.2) is 82.6 Å². The molecule has 1 aromatic heterocycles. The summed E-state index contributed by atoms with van der Waals surface area (Å²) in [6.07, 6.45) is 4.48. The van der Waals surface area contributed by atoms with Crippen LogP contribution in [-0.2, 0) is 6.54 Å². The summed E-state index contributed by atoms with van der Waals surface area (Å²) < 4.78 is 0. The number of benzene rings is 3. The molecule has 1 fully saturated rings. The third-order valence-electron chi connectivity index (χ3n) is 6.66. The molecule has 5 rings (SSSR count). The van der Waals surface area contributed by atoms with Gasteiger partial charge in [0.25, 0.3) is 0 Å². The number of halogens is 1. The molecule has 1 heterocycles. The number of fused-ring (bicyclic) bond motifs is 1. The summed E-state index contributed by atoms with van der Waals surface area (Å²) in [5, 5.41) is 9.27. The third-order valence-corrected chi connectivity index (χ3v) is 8.04. The van der Waals surface area contributed by atoms with E-state index in [0.717, 1.165) is 59.9 Å². The highest BCUT2D eigenvalue weighted by Gasteiger charge is 2.22. The zero-order chi connectivity index (χ0) is 24.9. The Morgan fingerprint density at radius 2 is 1.54 bits per heavy atom. The third kappa shape index (κ3) is 6.95. The lowest BCUT2D eigenvalue weighted by Gasteiger charge is -2.30. The Balaban J connectivity index is 0.00000320. The number of hydrogen-bond donors (Lipinski definition) is 2. The molecule has 3 aromatic carbocycles. The van der Waals surface area contributed by atoms with Gasteiger partial charge in [-0.15, -0.1) is 0 Å². The maximum atomic E-state index is 6.05. The molecule has 37 heavy (non-hydrogen) atoms. The minimum atomic E-state index is 0. The van der Waals surface area contributed by atoms with Crippen molar-refractivity contribution >= 4 is 46.0 Å². The quantitative estimate of drug-likeness (QED) is 0.242. The van der Waals surface area contributed by atoms with E-state index in [1.165, 1.54) is 15.4 Å². The summed E-state index contributed by atoms with van der Waals surface area (Å²) in [4.78, 5) is 14.1. The predicted octanol–water partition coefficient (Wildman–Crippen LogP) is 7.65. The highest BCUT2D eigenvalue weighted by atomic mass is 35.5. The highest BCUT2D eigenvalue weighted by molar-refractivity contribution is 7.99. The van der Waals surface area contributed by atoms with Gasteiger partial charge in [0, 0.05) is 52.9 Å². The molecule has 0 aliphatic heterocycles. The molecule has 194 valence electrons. The topological polar surface area (TPSA) is 53.1 Å². The maximum Gasteiger partial charge on any atom is 0.225 e. The lowest BCUT2D eigenvalue weighted by atomic mass is 9.91. The van der Waals surface area contributed by atoms with Gasteiger partial charge in [0.2, 0.25) is 5.95 Å². The number of anilines is 2. The SMILES string of the molecule is C.CN(C)c1nc(NC2CCC(NCc3ccccc3Sc3ccc(Cl)cc3)CC2)nc2ccccc12. The minimum absolute atomic E-state index is 0. The average Bonchev–Trinajstić information content (AvgIpc) is 2.90. The first kappa shape index (κ1) is 27.2. The molecule has 1 saturated carbocycles. The van der Waals surface area contributed by atoms with Gasteiger partial charge >= 0.3 is 0 Å². The van der Waals surface area contributed by atoms with E-state index in [-0.39, 0.29) is 7.43 Å². The standard InChI is InChI=1S/C29H32ClN5S.CH4/c1-35(2)28-25-8-4-5-9-26(25)33-29(34-28)32-23-15-13-22(14-16-23)31-19-20-7-3-6-10-27(20)36-24-17-11-21(30)12-18-24;/h3-12,17-18,22-23,31H,13-16,19H2,1-2H3,(H,32,33,34);1H4. The van der Waals surface area contributed by atoms with E-state index >= 15 is 0 Å². The molecule has 0 unspecified atom stereocenters. The Hall–Kier alpha value is -2.80. The van der Waals surface area contributed by atoms with Gasteiger partial charge in [0.1, 0.15) is 5.82 Å². The van der Waals surface area contributed by atoms with Crippen molar-refractivity contribution in [2.24, 2.45) is 0 Å². The Bertz CT molecular complexity index is 1300. The van der Waals surface area contributed by atoms with Gasteiger partial charge < -0.3 is 15.5 Å². The van der Waals surface area contributed by atoms with Gasteiger partial charge in [-0.2, -0.15) is 4.98 Å². The smallest absolute Gasteiger partial charge is 0.225 e. The maximum absolute atomic E-state index is 6.05. The molecular weight excluding hydrogens is 498 g/mol. The second-order valence-electron chi connectivity index (χ2n) is 9.52. The van der Waals surface area contributed by atoms with Crippen LogP contribution in [0.5, 0.6) is 0 Å². The predicted molar refractivity (Wildman–Crippen MR) is 159 cm³/mol. The van der Waals surface area contributed by atoms with Crippen LogP contribution < -0.4 is 15.5 Å². The van der Waals surface area contributed by atoms with E-state index in [1.54, 1.807) is 11.8 Å². The Labute approximate surface area is 230 Å². The van der Waals surface area contributed by atoms with Gasteiger partial charge in [0.05, 0.1) is 5.52 Å². The zero-order valence-electron chi connectivity index (χ0n) is 20.7. The number of rotatable bonds is 8. The van der Waals surface area contributed by atoms with Crippen molar-refractivity contribution in [3.63, 3.8) is 0 Å². The van der Waals surface area contributed by atoms with E-state index < -0.39 is 0 Å².